The second-order valence-electron chi connectivity index (χ2n) is 3.14. The lowest BCUT2D eigenvalue weighted by molar-refractivity contribution is 0.193. The van der Waals surface area contributed by atoms with E-state index in [2.05, 4.69) is 18.7 Å². The van der Waals surface area contributed by atoms with Gasteiger partial charge in [0.2, 0.25) is 0 Å². The third-order valence-electron chi connectivity index (χ3n) is 1.88. The fourth-order valence-electron chi connectivity index (χ4n) is 0.796. The number of nitrogens with one attached hydrogen (secondary N) is 1. The summed E-state index contributed by atoms with van der Waals surface area (Å²) in [5.41, 5.74) is 0.673. The van der Waals surface area contributed by atoms with Gasteiger partial charge in [0.25, 0.3) is 0 Å². The van der Waals surface area contributed by atoms with Gasteiger partial charge in [0.1, 0.15) is 0 Å². The molecule has 1 atom stereocenters. The molecule has 0 amide bonds. The Bertz CT molecular complexity index is 362. The van der Waals surface area contributed by atoms with Crippen molar-refractivity contribution in [1.82, 2.24) is 5.09 Å². The lowest BCUT2D eigenvalue weighted by Crippen LogP contribution is -2.14. The van der Waals surface area contributed by atoms with E-state index in [1.807, 2.05) is 0 Å². The number of rotatable bonds is 9. The Morgan fingerprint density at radius 3 is 2.17 bits per heavy atom. The van der Waals surface area contributed by atoms with Crippen molar-refractivity contribution < 1.29 is 32.1 Å². The molecule has 0 fully saturated rings. The minimum atomic E-state index is -3.91. The molecule has 8 nitrogen and oxygen atoms in total. The van der Waals surface area contributed by atoms with Gasteiger partial charge in [-0.2, -0.15) is 4.31 Å². The third-order valence-corrected chi connectivity index (χ3v) is 5.48. The number of aliphatic hydroxyl groups excluding tert-OH is 1. The lowest BCUT2D eigenvalue weighted by Gasteiger charge is -2.20. The van der Waals surface area contributed by atoms with Crippen molar-refractivity contribution >= 4 is 15.6 Å². The van der Waals surface area contributed by atoms with Crippen LogP contribution < -0.4 is 5.09 Å². The molecule has 0 spiro atoms. The lowest BCUT2D eigenvalue weighted by atomic mass is 10.3. The predicted octanol–water partition coefficient (Wildman–Crippen LogP) is 1.69. The van der Waals surface area contributed by atoms with E-state index < -0.39 is 15.6 Å². The van der Waals surface area contributed by atoms with E-state index in [9.17, 15) is 9.13 Å². The average molecular weight is 303 g/mol. The maximum atomic E-state index is 12.0. The molecule has 0 saturated heterocycles. The standard InChI is InChI=1S/C8H19NO7P2/c1-8(7-10)5-6-9-17(11,13-2)16-18(12,14-3)15-4/h5,10H,6-7H2,1-4H3,(H,9,11). The van der Waals surface area contributed by atoms with Crippen LogP contribution in [0.4, 0.5) is 0 Å². The van der Waals surface area contributed by atoms with Crippen molar-refractivity contribution in [2.75, 3.05) is 34.5 Å². The smallest absolute Gasteiger partial charge is 0.392 e. The molecule has 0 heterocycles. The van der Waals surface area contributed by atoms with Crippen LogP contribution >= 0.6 is 15.6 Å². The van der Waals surface area contributed by atoms with Crippen LogP contribution in [0.3, 0.4) is 0 Å². The molecule has 0 aliphatic rings. The molecule has 0 aliphatic heterocycles. The van der Waals surface area contributed by atoms with Gasteiger partial charge >= 0.3 is 15.6 Å². The molecule has 0 aliphatic carbocycles. The highest BCUT2D eigenvalue weighted by atomic mass is 31.3. The highest BCUT2D eigenvalue weighted by Crippen LogP contribution is 2.62. The van der Waals surface area contributed by atoms with Gasteiger partial charge in [0.15, 0.2) is 0 Å². The molecule has 0 bridgehead atoms. The highest BCUT2D eigenvalue weighted by molar-refractivity contribution is 7.63. The molecular formula is C8H19NO7P2. The summed E-state index contributed by atoms with van der Waals surface area (Å²) in [6.45, 7) is 1.68. The summed E-state index contributed by atoms with van der Waals surface area (Å²) in [5.74, 6) is 0. The zero-order chi connectivity index (χ0) is 14.2. The molecule has 1 unspecified atom stereocenters. The van der Waals surface area contributed by atoms with Crippen LogP contribution in [0.1, 0.15) is 6.92 Å². The fraction of sp³-hybridized carbons (Fsp3) is 0.750. The molecule has 108 valence electrons. The molecule has 10 heteroatoms. The number of phosphoric ester groups is 1. The highest BCUT2D eigenvalue weighted by Gasteiger charge is 2.36. The minimum absolute atomic E-state index is 0.102. The predicted molar refractivity (Wildman–Crippen MR) is 66.2 cm³/mol. The Balaban J connectivity index is 4.63. The quantitative estimate of drug-likeness (QED) is 0.490. The maximum Gasteiger partial charge on any atom is 0.482 e. The Kier molecular flexibility index (Phi) is 8.18. The molecular weight excluding hydrogens is 284 g/mol. The maximum absolute atomic E-state index is 12.0. The molecule has 0 radical (unpaired) electrons. The van der Waals surface area contributed by atoms with Gasteiger partial charge in [-0.05, 0) is 6.92 Å². The first-order chi connectivity index (χ1) is 8.34. The monoisotopic (exact) mass is 303 g/mol. The van der Waals surface area contributed by atoms with Crippen LogP contribution in [0.5, 0.6) is 0 Å². The molecule has 0 aromatic carbocycles. The molecule has 0 rings (SSSR count). The summed E-state index contributed by atoms with van der Waals surface area (Å²) >= 11 is 0. The first kappa shape index (κ1) is 18.0. The Labute approximate surface area is 106 Å². The summed E-state index contributed by atoms with van der Waals surface area (Å²) in [6, 6.07) is 0. The van der Waals surface area contributed by atoms with Crippen LogP contribution in [0.15, 0.2) is 11.6 Å². The molecule has 2 N–H and O–H groups in total. The zero-order valence-corrected chi connectivity index (χ0v) is 12.6. The van der Waals surface area contributed by atoms with E-state index >= 15 is 0 Å². The topological polar surface area (TPSA) is 103 Å². The summed E-state index contributed by atoms with van der Waals surface area (Å²) in [5, 5.41) is 11.2. The second kappa shape index (κ2) is 8.19. The minimum Gasteiger partial charge on any atom is -0.392 e. The first-order valence-electron chi connectivity index (χ1n) is 4.95. The van der Waals surface area contributed by atoms with Crippen LogP contribution in [0.2, 0.25) is 0 Å². The van der Waals surface area contributed by atoms with Gasteiger partial charge < -0.3 is 5.11 Å². The number of hydrogen-bond acceptors (Lipinski definition) is 7. The van der Waals surface area contributed by atoms with E-state index in [0.717, 1.165) is 21.3 Å². The van der Waals surface area contributed by atoms with Gasteiger partial charge in [0, 0.05) is 27.9 Å². The molecule has 0 aromatic heterocycles. The zero-order valence-electron chi connectivity index (χ0n) is 10.8. The van der Waals surface area contributed by atoms with Gasteiger partial charge in [-0.1, -0.05) is 11.6 Å². The van der Waals surface area contributed by atoms with Crippen LogP contribution in [0.25, 0.3) is 0 Å². The van der Waals surface area contributed by atoms with Crippen molar-refractivity contribution in [2.45, 2.75) is 6.92 Å². The van der Waals surface area contributed by atoms with E-state index in [4.69, 9.17) is 9.42 Å². The van der Waals surface area contributed by atoms with Crippen LogP contribution in [-0.4, -0.2) is 39.6 Å². The fourth-order valence-corrected chi connectivity index (χ4v) is 3.47. The van der Waals surface area contributed by atoms with Gasteiger partial charge in [-0.3, -0.25) is 13.6 Å². The summed E-state index contributed by atoms with van der Waals surface area (Å²) in [6.07, 6.45) is 1.58. The Hall–Kier alpha value is -0.0400. The molecule has 18 heavy (non-hydrogen) atoms. The number of hydrogen-bond donors (Lipinski definition) is 2. The SMILES string of the molecule is COP(=O)(NCC=C(C)CO)OP(=O)(OC)OC. The van der Waals surface area contributed by atoms with Crippen LogP contribution in [-0.2, 0) is 27.0 Å². The van der Waals surface area contributed by atoms with Gasteiger partial charge in [-0.25, -0.2) is 14.2 Å². The Morgan fingerprint density at radius 1 is 1.22 bits per heavy atom. The van der Waals surface area contributed by atoms with Crippen molar-refractivity contribution in [1.29, 1.82) is 0 Å². The van der Waals surface area contributed by atoms with E-state index in [1.54, 1.807) is 13.0 Å². The van der Waals surface area contributed by atoms with Crippen molar-refractivity contribution in [2.24, 2.45) is 0 Å². The normalized spacial score (nSPS) is 16.6. The van der Waals surface area contributed by atoms with Gasteiger partial charge in [-0.15, -0.1) is 0 Å². The summed E-state index contributed by atoms with van der Waals surface area (Å²) in [4.78, 5) is 0. The molecule has 0 aromatic rings. The van der Waals surface area contributed by atoms with Gasteiger partial charge in [0.05, 0.1) is 6.61 Å². The third kappa shape index (κ3) is 6.22. The van der Waals surface area contributed by atoms with Crippen molar-refractivity contribution in [3.8, 4) is 0 Å². The van der Waals surface area contributed by atoms with Crippen molar-refractivity contribution in [3.63, 3.8) is 0 Å². The van der Waals surface area contributed by atoms with Crippen LogP contribution in [0, 0.1) is 0 Å². The number of aliphatic hydroxyl groups is 1. The van der Waals surface area contributed by atoms with E-state index in [1.165, 1.54) is 0 Å². The first-order valence-corrected chi connectivity index (χ1v) is 7.95. The Morgan fingerprint density at radius 2 is 1.78 bits per heavy atom. The van der Waals surface area contributed by atoms with E-state index in [-0.39, 0.29) is 13.2 Å². The second-order valence-corrected chi connectivity index (χ2v) is 7.10. The summed E-state index contributed by atoms with van der Waals surface area (Å²) in [7, 11) is -4.40. The average Bonchev–Trinajstić information content (AvgIpc) is 2.38. The largest absolute Gasteiger partial charge is 0.482 e. The summed E-state index contributed by atoms with van der Waals surface area (Å²) < 4.78 is 42.0. The van der Waals surface area contributed by atoms with Crippen molar-refractivity contribution in [3.05, 3.63) is 11.6 Å². The number of phosphoric acid groups is 1. The molecule has 0 saturated carbocycles. The van der Waals surface area contributed by atoms with E-state index in [0.29, 0.717) is 5.57 Å².